The zero-order valence-electron chi connectivity index (χ0n) is 11.2. The number of carbonyl (C=O) groups excluding carboxylic acids is 1. The Balaban J connectivity index is 1.90. The van der Waals surface area contributed by atoms with Crippen LogP contribution in [0, 0.1) is 11.8 Å². The van der Waals surface area contributed by atoms with Gasteiger partial charge in [0.15, 0.2) is 0 Å². The minimum Gasteiger partial charge on any atom is -0.507 e. The van der Waals surface area contributed by atoms with Gasteiger partial charge in [-0.2, -0.15) is 0 Å². The summed E-state index contributed by atoms with van der Waals surface area (Å²) in [6.07, 6.45) is 4.94. The van der Waals surface area contributed by atoms with Gasteiger partial charge in [-0.25, -0.2) is 0 Å². The van der Waals surface area contributed by atoms with Crippen molar-refractivity contribution in [2.75, 3.05) is 6.54 Å². The molecule has 1 saturated carbocycles. The molecule has 0 spiro atoms. The van der Waals surface area contributed by atoms with E-state index in [4.69, 9.17) is 0 Å². The van der Waals surface area contributed by atoms with E-state index in [1.165, 1.54) is 31.7 Å². The third kappa shape index (κ3) is 3.96. The molecule has 104 valence electrons. The third-order valence-electron chi connectivity index (χ3n) is 3.80. The quantitative estimate of drug-likeness (QED) is 0.889. The predicted octanol–water partition coefficient (Wildman–Crippen LogP) is 3.71. The second-order valence-electron chi connectivity index (χ2n) is 5.51. The number of phenols is 1. The first kappa shape index (κ1) is 14.4. The van der Waals surface area contributed by atoms with Gasteiger partial charge >= 0.3 is 0 Å². The van der Waals surface area contributed by atoms with Crippen LogP contribution in [0.1, 0.15) is 43.0 Å². The molecule has 1 fully saturated rings. The van der Waals surface area contributed by atoms with Crippen molar-refractivity contribution in [1.29, 1.82) is 0 Å². The molecule has 0 radical (unpaired) electrons. The van der Waals surface area contributed by atoms with Crippen LogP contribution in [0.3, 0.4) is 0 Å². The highest BCUT2D eigenvalue weighted by atomic mass is 79.9. The van der Waals surface area contributed by atoms with Gasteiger partial charge in [0.25, 0.3) is 5.91 Å². The first-order valence-corrected chi connectivity index (χ1v) is 7.62. The van der Waals surface area contributed by atoms with E-state index in [1.54, 1.807) is 12.1 Å². The topological polar surface area (TPSA) is 49.3 Å². The van der Waals surface area contributed by atoms with E-state index in [0.29, 0.717) is 18.0 Å². The lowest BCUT2D eigenvalue weighted by molar-refractivity contribution is 0.0938. The van der Waals surface area contributed by atoms with E-state index in [9.17, 15) is 9.90 Å². The highest BCUT2D eigenvalue weighted by Crippen LogP contribution is 2.28. The molecule has 2 N–H and O–H groups in total. The van der Waals surface area contributed by atoms with Crippen molar-refractivity contribution in [1.82, 2.24) is 5.32 Å². The monoisotopic (exact) mass is 325 g/mol. The molecule has 2 atom stereocenters. The largest absolute Gasteiger partial charge is 0.507 e. The maximum absolute atomic E-state index is 12.0. The predicted molar refractivity (Wildman–Crippen MR) is 79.3 cm³/mol. The van der Waals surface area contributed by atoms with E-state index in [0.717, 1.165) is 10.4 Å². The molecule has 0 aromatic heterocycles. The molecule has 1 aliphatic rings. The van der Waals surface area contributed by atoms with Crippen LogP contribution < -0.4 is 5.32 Å². The van der Waals surface area contributed by atoms with Crippen LogP contribution in [0.5, 0.6) is 5.75 Å². The van der Waals surface area contributed by atoms with Gasteiger partial charge in [-0.3, -0.25) is 4.79 Å². The van der Waals surface area contributed by atoms with Gasteiger partial charge in [-0.1, -0.05) is 35.7 Å². The fourth-order valence-corrected chi connectivity index (χ4v) is 3.12. The Morgan fingerprint density at radius 1 is 1.47 bits per heavy atom. The van der Waals surface area contributed by atoms with E-state index in [2.05, 4.69) is 28.2 Å². The second kappa shape index (κ2) is 6.42. The Hall–Kier alpha value is -1.03. The smallest absolute Gasteiger partial charge is 0.255 e. The van der Waals surface area contributed by atoms with Gasteiger partial charge in [-0.15, -0.1) is 0 Å². The van der Waals surface area contributed by atoms with Crippen LogP contribution in [0.2, 0.25) is 0 Å². The van der Waals surface area contributed by atoms with Crippen molar-refractivity contribution < 1.29 is 9.90 Å². The molecule has 0 saturated heterocycles. The fraction of sp³-hybridized carbons (Fsp3) is 0.533. The summed E-state index contributed by atoms with van der Waals surface area (Å²) in [4.78, 5) is 12.0. The number of phenolic OH excluding ortho intramolecular Hbond substituents is 1. The van der Waals surface area contributed by atoms with Crippen LogP contribution in [-0.4, -0.2) is 17.6 Å². The zero-order chi connectivity index (χ0) is 13.8. The lowest BCUT2D eigenvalue weighted by Crippen LogP contribution is -2.31. The summed E-state index contributed by atoms with van der Waals surface area (Å²) in [5.74, 6) is 1.16. The Labute approximate surface area is 122 Å². The molecule has 2 unspecified atom stereocenters. The van der Waals surface area contributed by atoms with Crippen molar-refractivity contribution in [3.05, 3.63) is 28.2 Å². The summed E-state index contributed by atoms with van der Waals surface area (Å²) in [7, 11) is 0. The van der Waals surface area contributed by atoms with Crippen LogP contribution in [0.25, 0.3) is 0 Å². The number of carbonyl (C=O) groups is 1. The summed E-state index contributed by atoms with van der Waals surface area (Å²) in [6.45, 7) is 2.98. The molecule has 2 rings (SSSR count). The van der Waals surface area contributed by atoms with Crippen molar-refractivity contribution in [3.8, 4) is 5.75 Å². The molecule has 1 aromatic carbocycles. The molecule has 1 aromatic rings. The normalized spacial score (nSPS) is 23.1. The van der Waals surface area contributed by atoms with Gasteiger partial charge in [-0.05, 0) is 42.9 Å². The molecule has 1 amide bonds. The highest BCUT2D eigenvalue weighted by molar-refractivity contribution is 9.10. The van der Waals surface area contributed by atoms with Crippen LogP contribution in [0.4, 0.5) is 0 Å². The van der Waals surface area contributed by atoms with E-state index in [-0.39, 0.29) is 11.7 Å². The van der Waals surface area contributed by atoms with Gasteiger partial charge in [0.1, 0.15) is 5.75 Å². The summed E-state index contributed by atoms with van der Waals surface area (Å²) < 4.78 is 0.766. The molecule has 3 nitrogen and oxygen atoms in total. The van der Waals surface area contributed by atoms with Crippen LogP contribution >= 0.6 is 15.9 Å². The van der Waals surface area contributed by atoms with Crippen molar-refractivity contribution in [2.24, 2.45) is 11.8 Å². The van der Waals surface area contributed by atoms with E-state index in [1.807, 2.05) is 0 Å². The number of aromatic hydroxyl groups is 1. The number of hydrogen-bond acceptors (Lipinski definition) is 2. The highest BCUT2D eigenvalue weighted by Gasteiger charge is 2.20. The maximum atomic E-state index is 12.0. The molecular weight excluding hydrogens is 306 g/mol. The van der Waals surface area contributed by atoms with Gasteiger partial charge < -0.3 is 10.4 Å². The number of halogens is 1. The number of amides is 1. The fourth-order valence-electron chi connectivity index (χ4n) is 2.77. The maximum Gasteiger partial charge on any atom is 0.255 e. The third-order valence-corrected chi connectivity index (χ3v) is 4.29. The molecule has 19 heavy (non-hydrogen) atoms. The number of rotatable bonds is 3. The molecular formula is C15H20BrNO2. The molecule has 0 bridgehead atoms. The first-order valence-electron chi connectivity index (χ1n) is 6.83. The Kier molecular flexibility index (Phi) is 4.86. The zero-order valence-corrected chi connectivity index (χ0v) is 12.7. The lowest BCUT2D eigenvalue weighted by Gasteiger charge is -2.26. The second-order valence-corrected chi connectivity index (χ2v) is 6.42. The summed E-state index contributed by atoms with van der Waals surface area (Å²) in [6, 6.07) is 4.94. The molecule has 0 heterocycles. The number of hydrogen-bond donors (Lipinski definition) is 2. The Morgan fingerprint density at radius 2 is 2.26 bits per heavy atom. The van der Waals surface area contributed by atoms with Gasteiger partial charge in [0.2, 0.25) is 0 Å². The van der Waals surface area contributed by atoms with Crippen molar-refractivity contribution in [2.45, 2.75) is 32.6 Å². The summed E-state index contributed by atoms with van der Waals surface area (Å²) in [5, 5.41) is 12.7. The standard InChI is InChI=1S/C15H20BrNO2/c1-10-3-2-4-11(7-10)9-17-15(19)13-6-5-12(16)8-14(13)18/h5-6,8,10-11,18H,2-4,7,9H2,1H3,(H,17,19). The number of nitrogens with one attached hydrogen (secondary N) is 1. The average Bonchev–Trinajstić information content (AvgIpc) is 2.36. The molecule has 1 aliphatic carbocycles. The van der Waals surface area contributed by atoms with Crippen LogP contribution in [-0.2, 0) is 0 Å². The summed E-state index contributed by atoms with van der Waals surface area (Å²) >= 11 is 3.26. The number of benzene rings is 1. The lowest BCUT2D eigenvalue weighted by atomic mass is 9.82. The van der Waals surface area contributed by atoms with Crippen molar-refractivity contribution >= 4 is 21.8 Å². The van der Waals surface area contributed by atoms with Crippen LogP contribution in [0.15, 0.2) is 22.7 Å². The SMILES string of the molecule is CC1CCCC(CNC(=O)c2ccc(Br)cc2O)C1. The van der Waals surface area contributed by atoms with E-state index < -0.39 is 0 Å². The van der Waals surface area contributed by atoms with Gasteiger partial charge in [0.05, 0.1) is 5.56 Å². The Bertz CT molecular complexity index is 461. The van der Waals surface area contributed by atoms with E-state index >= 15 is 0 Å². The van der Waals surface area contributed by atoms with Crippen molar-refractivity contribution in [3.63, 3.8) is 0 Å². The molecule has 4 heteroatoms. The molecule has 0 aliphatic heterocycles. The summed E-state index contributed by atoms with van der Waals surface area (Å²) in [5.41, 5.74) is 0.340. The van der Waals surface area contributed by atoms with Gasteiger partial charge in [0, 0.05) is 11.0 Å². The average molecular weight is 326 g/mol. The Morgan fingerprint density at radius 3 is 2.95 bits per heavy atom. The minimum atomic E-state index is -0.191. The first-order chi connectivity index (χ1) is 9.06. The minimum absolute atomic E-state index is 0.0175.